The quantitative estimate of drug-likeness (QED) is 0.900. The normalized spacial score (nSPS) is 12.2. The molecule has 106 valence electrons. The molecule has 0 fully saturated rings. The fourth-order valence-electron chi connectivity index (χ4n) is 2.26. The Balaban J connectivity index is 1.98. The first-order valence-corrected chi connectivity index (χ1v) is 6.74. The van der Waals surface area contributed by atoms with E-state index in [1.807, 2.05) is 37.3 Å². The molecule has 0 bridgehead atoms. The molecule has 0 aliphatic rings. The first kappa shape index (κ1) is 14.5. The Morgan fingerprint density at radius 2 is 1.85 bits per heavy atom. The predicted octanol–water partition coefficient (Wildman–Crippen LogP) is 3.78. The lowest BCUT2D eigenvalue weighted by molar-refractivity contribution is 0.414. The minimum Gasteiger partial charge on any atom is -0.497 e. The van der Waals surface area contributed by atoms with Gasteiger partial charge in [0.2, 0.25) is 0 Å². The topological polar surface area (TPSA) is 35.2 Å². The van der Waals surface area contributed by atoms with Crippen LogP contribution in [0.4, 0.5) is 4.39 Å². The molecule has 2 nitrogen and oxygen atoms in total. The van der Waals surface area contributed by atoms with Crippen LogP contribution in [0.2, 0.25) is 0 Å². The number of benzene rings is 2. The summed E-state index contributed by atoms with van der Waals surface area (Å²) in [7, 11) is 1.65. The van der Waals surface area contributed by atoms with Crippen molar-refractivity contribution in [2.45, 2.75) is 25.8 Å². The number of hydrogen-bond donors (Lipinski definition) is 1. The van der Waals surface area contributed by atoms with Crippen LogP contribution in [0, 0.1) is 12.7 Å². The molecular weight excluding hydrogens is 253 g/mol. The summed E-state index contributed by atoms with van der Waals surface area (Å²) in [6.07, 6.45) is 1.65. The molecule has 0 amide bonds. The molecule has 0 saturated carbocycles. The first-order valence-electron chi connectivity index (χ1n) is 6.74. The molecule has 1 atom stereocenters. The molecule has 0 heterocycles. The Hall–Kier alpha value is -1.87. The summed E-state index contributed by atoms with van der Waals surface area (Å²) in [5, 5.41) is 0. The van der Waals surface area contributed by atoms with E-state index in [-0.39, 0.29) is 11.9 Å². The molecule has 3 heteroatoms. The number of rotatable bonds is 5. The molecule has 2 rings (SSSR count). The number of ether oxygens (including phenoxy) is 1. The minimum absolute atomic E-state index is 0.147. The van der Waals surface area contributed by atoms with E-state index in [4.69, 9.17) is 10.5 Å². The van der Waals surface area contributed by atoms with Crippen LogP contribution in [0.3, 0.4) is 0 Å². The number of hydrogen-bond acceptors (Lipinski definition) is 2. The van der Waals surface area contributed by atoms with Crippen LogP contribution in [-0.4, -0.2) is 7.11 Å². The molecule has 0 saturated heterocycles. The molecule has 1 unspecified atom stereocenters. The minimum atomic E-state index is -0.222. The second-order valence-corrected chi connectivity index (χ2v) is 5.06. The van der Waals surface area contributed by atoms with Crippen LogP contribution in [0.15, 0.2) is 42.5 Å². The SMILES string of the molecule is COc1ccc(CCC(N)c2cc(C)cc(F)c2)cc1. The van der Waals surface area contributed by atoms with Gasteiger partial charge in [0.15, 0.2) is 0 Å². The van der Waals surface area contributed by atoms with Gasteiger partial charge in [-0.15, -0.1) is 0 Å². The lowest BCUT2D eigenvalue weighted by atomic mass is 9.98. The Bertz CT molecular complexity index is 545. The van der Waals surface area contributed by atoms with Gasteiger partial charge in [0, 0.05) is 6.04 Å². The maximum atomic E-state index is 13.4. The van der Waals surface area contributed by atoms with Crippen molar-refractivity contribution in [3.63, 3.8) is 0 Å². The smallest absolute Gasteiger partial charge is 0.123 e. The van der Waals surface area contributed by atoms with Crippen molar-refractivity contribution >= 4 is 0 Å². The van der Waals surface area contributed by atoms with Crippen molar-refractivity contribution < 1.29 is 9.13 Å². The third-order valence-corrected chi connectivity index (χ3v) is 3.40. The molecule has 20 heavy (non-hydrogen) atoms. The monoisotopic (exact) mass is 273 g/mol. The van der Waals surface area contributed by atoms with E-state index in [1.54, 1.807) is 7.11 Å². The van der Waals surface area contributed by atoms with Crippen molar-refractivity contribution in [1.29, 1.82) is 0 Å². The molecule has 0 aliphatic heterocycles. The molecule has 0 radical (unpaired) electrons. The third kappa shape index (κ3) is 3.81. The van der Waals surface area contributed by atoms with Crippen molar-refractivity contribution in [2.75, 3.05) is 7.11 Å². The van der Waals surface area contributed by atoms with Crippen LogP contribution in [0.25, 0.3) is 0 Å². The van der Waals surface area contributed by atoms with Gasteiger partial charge in [-0.1, -0.05) is 18.2 Å². The highest BCUT2D eigenvalue weighted by atomic mass is 19.1. The van der Waals surface area contributed by atoms with Crippen LogP contribution < -0.4 is 10.5 Å². The standard InChI is InChI=1S/C17H20FNO/c1-12-9-14(11-15(18)10-12)17(19)8-5-13-3-6-16(20-2)7-4-13/h3-4,6-7,9-11,17H,5,8,19H2,1-2H3. The van der Waals surface area contributed by atoms with Gasteiger partial charge < -0.3 is 10.5 Å². The van der Waals surface area contributed by atoms with E-state index < -0.39 is 0 Å². The molecule has 0 aliphatic carbocycles. The van der Waals surface area contributed by atoms with Crippen LogP contribution in [0.1, 0.15) is 29.2 Å². The van der Waals surface area contributed by atoms with Crippen molar-refractivity contribution in [2.24, 2.45) is 5.73 Å². The zero-order chi connectivity index (χ0) is 14.5. The van der Waals surface area contributed by atoms with Crippen LogP contribution in [-0.2, 0) is 6.42 Å². The molecule has 0 spiro atoms. The van der Waals surface area contributed by atoms with Crippen molar-refractivity contribution in [1.82, 2.24) is 0 Å². The van der Waals surface area contributed by atoms with Crippen molar-refractivity contribution in [3.8, 4) is 5.75 Å². The highest BCUT2D eigenvalue weighted by Crippen LogP contribution is 2.20. The van der Waals surface area contributed by atoms with Gasteiger partial charge >= 0.3 is 0 Å². The predicted molar refractivity (Wildman–Crippen MR) is 79.4 cm³/mol. The van der Waals surface area contributed by atoms with Gasteiger partial charge in [-0.05, 0) is 60.7 Å². The lowest BCUT2D eigenvalue weighted by Crippen LogP contribution is -2.12. The highest BCUT2D eigenvalue weighted by molar-refractivity contribution is 5.28. The van der Waals surface area contributed by atoms with E-state index in [1.165, 1.54) is 17.7 Å². The fourth-order valence-corrected chi connectivity index (χ4v) is 2.26. The Kier molecular flexibility index (Phi) is 4.74. The molecule has 2 N–H and O–H groups in total. The summed E-state index contributed by atoms with van der Waals surface area (Å²) in [5.74, 6) is 0.624. The molecule has 0 aromatic heterocycles. The van der Waals surface area contributed by atoms with E-state index in [9.17, 15) is 4.39 Å². The number of methoxy groups -OCH3 is 1. The number of aryl methyl sites for hydroxylation is 2. The lowest BCUT2D eigenvalue weighted by Gasteiger charge is -2.13. The molecular formula is C17H20FNO. The van der Waals surface area contributed by atoms with E-state index >= 15 is 0 Å². The second kappa shape index (κ2) is 6.53. The first-order chi connectivity index (χ1) is 9.58. The summed E-state index contributed by atoms with van der Waals surface area (Å²) < 4.78 is 18.5. The summed E-state index contributed by atoms with van der Waals surface area (Å²) in [5.41, 5.74) is 9.11. The van der Waals surface area contributed by atoms with Crippen molar-refractivity contribution in [3.05, 3.63) is 65.0 Å². The Morgan fingerprint density at radius 1 is 1.15 bits per heavy atom. The fraction of sp³-hybridized carbons (Fsp3) is 0.294. The van der Waals surface area contributed by atoms with Gasteiger partial charge in [-0.25, -0.2) is 4.39 Å². The third-order valence-electron chi connectivity index (χ3n) is 3.40. The van der Waals surface area contributed by atoms with E-state index in [0.29, 0.717) is 0 Å². The average Bonchev–Trinajstić information content (AvgIpc) is 2.44. The van der Waals surface area contributed by atoms with Gasteiger partial charge in [0.05, 0.1) is 7.11 Å². The zero-order valence-electron chi connectivity index (χ0n) is 11.9. The largest absolute Gasteiger partial charge is 0.497 e. The highest BCUT2D eigenvalue weighted by Gasteiger charge is 2.08. The van der Waals surface area contributed by atoms with Gasteiger partial charge in [0.25, 0.3) is 0 Å². The van der Waals surface area contributed by atoms with E-state index in [2.05, 4.69) is 0 Å². The summed E-state index contributed by atoms with van der Waals surface area (Å²) in [4.78, 5) is 0. The zero-order valence-corrected chi connectivity index (χ0v) is 11.9. The van der Waals surface area contributed by atoms with E-state index in [0.717, 1.165) is 29.7 Å². The Labute approximate surface area is 119 Å². The summed E-state index contributed by atoms with van der Waals surface area (Å²) >= 11 is 0. The average molecular weight is 273 g/mol. The maximum absolute atomic E-state index is 13.4. The Morgan fingerprint density at radius 3 is 2.45 bits per heavy atom. The summed E-state index contributed by atoms with van der Waals surface area (Å²) in [6, 6.07) is 12.8. The van der Waals surface area contributed by atoms with Gasteiger partial charge in [0.1, 0.15) is 11.6 Å². The number of nitrogens with two attached hydrogens (primary N) is 1. The second-order valence-electron chi connectivity index (χ2n) is 5.06. The molecule has 2 aromatic carbocycles. The summed E-state index contributed by atoms with van der Waals surface area (Å²) in [6.45, 7) is 1.88. The van der Waals surface area contributed by atoms with Crippen LogP contribution >= 0.6 is 0 Å². The molecule has 2 aromatic rings. The maximum Gasteiger partial charge on any atom is 0.123 e. The van der Waals surface area contributed by atoms with Gasteiger partial charge in [-0.2, -0.15) is 0 Å². The number of halogens is 1. The van der Waals surface area contributed by atoms with Gasteiger partial charge in [-0.3, -0.25) is 0 Å². The van der Waals surface area contributed by atoms with Crippen LogP contribution in [0.5, 0.6) is 5.75 Å².